The molecule has 0 radical (unpaired) electrons. The van der Waals surface area contributed by atoms with Gasteiger partial charge in [-0.2, -0.15) is 4.74 Å². The average molecular weight is 324 g/mol. The first kappa shape index (κ1) is 15.6. The molecule has 1 aromatic heterocycles. The Bertz CT molecular complexity index is 879. The first-order chi connectivity index (χ1) is 11.6. The largest absolute Gasteiger partial charge is 0.457 e. The van der Waals surface area contributed by atoms with E-state index in [-0.39, 0.29) is 11.3 Å². The SMILES string of the molecule is Cn1oc(C(=O)NCc2ccc(Oc3ccccc3)cc2)cc1=O. The van der Waals surface area contributed by atoms with Crippen molar-refractivity contribution in [1.82, 2.24) is 10.1 Å². The highest BCUT2D eigenvalue weighted by Crippen LogP contribution is 2.21. The zero-order valence-electron chi connectivity index (χ0n) is 13.1. The van der Waals surface area contributed by atoms with Crippen molar-refractivity contribution in [2.75, 3.05) is 0 Å². The molecule has 0 bridgehead atoms. The van der Waals surface area contributed by atoms with Gasteiger partial charge in [-0.15, -0.1) is 0 Å². The Morgan fingerprint density at radius 1 is 1.08 bits per heavy atom. The fourth-order valence-electron chi connectivity index (χ4n) is 2.10. The van der Waals surface area contributed by atoms with E-state index in [1.165, 1.54) is 7.05 Å². The molecule has 24 heavy (non-hydrogen) atoms. The van der Waals surface area contributed by atoms with Gasteiger partial charge in [-0.25, -0.2) is 0 Å². The molecule has 0 aliphatic rings. The molecule has 3 rings (SSSR count). The standard InChI is InChI=1S/C18H16N2O4/c1-20-17(21)11-16(24-20)18(22)19-12-13-7-9-15(10-8-13)23-14-5-3-2-4-6-14/h2-11H,12H2,1H3,(H,19,22). The van der Waals surface area contributed by atoms with Crippen LogP contribution >= 0.6 is 0 Å². The van der Waals surface area contributed by atoms with Crippen molar-refractivity contribution in [2.24, 2.45) is 7.05 Å². The van der Waals surface area contributed by atoms with Gasteiger partial charge in [0.1, 0.15) is 11.5 Å². The van der Waals surface area contributed by atoms with Crippen LogP contribution in [0.1, 0.15) is 16.1 Å². The van der Waals surface area contributed by atoms with Crippen molar-refractivity contribution in [2.45, 2.75) is 6.54 Å². The molecule has 0 unspecified atom stereocenters. The van der Waals surface area contributed by atoms with Crippen LogP contribution < -0.4 is 15.6 Å². The summed E-state index contributed by atoms with van der Waals surface area (Å²) in [6.45, 7) is 0.322. The van der Waals surface area contributed by atoms with Gasteiger partial charge in [0.05, 0.1) is 6.07 Å². The highest BCUT2D eigenvalue weighted by atomic mass is 16.5. The van der Waals surface area contributed by atoms with Crippen LogP contribution in [0.3, 0.4) is 0 Å². The van der Waals surface area contributed by atoms with E-state index in [1.54, 1.807) is 0 Å². The smallest absolute Gasteiger partial charge is 0.290 e. The quantitative estimate of drug-likeness (QED) is 0.783. The molecule has 6 heteroatoms. The maximum absolute atomic E-state index is 11.9. The highest BCUT2D eigenvalue weighted by Gasteiger charge is 2.12. The van der Waals surface area contributed by atoms with Crippen LogP contribution in [0.25, 0.3) is 0 Å². The molecular weight excluding hydrogens is 308 g/mol. The number of amides is 1. The van der Waals surface area contributed by atoms with Crippen molar-refractivity contribution < 1.29 is 14.1 Å². The molecule has 0 atom stereocenters. The van der Waals surface area contributed by atoms with E-state index in [0.29, 0.717) is 12.3 Å². The monoisotopic (exact) mass is 324 g/mol. The predicted molar refractivity (Wildman–Crippen MR) is 88.1 cm³/mol. The number of carbonyl (C=O) groups excluding carboxylic acids is 1. The Kier molecular flexibility index (Phi) is 4.47. The van der Waals surface area contributed by atoms with E-state index in [2.05, 4.69) is 5.32 Å². The second-order valence-electron chi connectivity index (χ2n) is 5.18. The summed E-state index contributed by atoms with van der Waals surface area (Å²) in [5.41, 5.74) is 0.546. The predicted octanol–water partition coefficient (Wildman–Crippen LogP) is 2.70. The lowest BCUT2D eigenvalue weighted by molar-refractivity contribution is 0.0901. The molecule has 3 aromatic rings. The maximum Gasteiger partial charge on any atom is 0.290 e. The summed E-state index contributed by atoms with van der Waals surface area (Å²) >= 11 is 0. The zero-order chi connectivity index (χ0) is 16.9. The van der Waals surface area contributed by atoms with Gasteiger partial charge in [-0.3, -0.25) is 9.59 Å². The van der Waals surface area contributed by atoms with Crippen LogP contribution in [0.5, 0.6) is 11.5 Å². The second-order valence-corrected chi connectivity index (χ2v) is 5.18. The average Bonchev–Trinajstić information content (AvgIpc) is 2.94. The minimum atomic E-state index is -0.433. The van der Waals surface area contributed by atoms with E-state index in [4.69, 9.17) is 9.26 Å². The van der Waals surface area contributed by atoms with Crippen LogP contribution in [-0.4, -0.2) is 10.6 Å². The number of benzene rings is 2. The van der Waals surface area contributed by atoms with Crippen molar-refractivity contribution in [3.63, 3.8) is 0 Å². The minimum absolute atomic E-state index is 0.00784. The van der Waals surface area contributed by atoms with Gasteiger partial charge >= 0.3 is 0 Å². The molecule has 2 aromatic carbocycles. The van der Waals surface area contributed by atoms with Crippen LogP contribution in [0, 0.1) is 0 Å². The minimum Gasteiger partial charge on any atom is -0.457 e. The summed E-state index contributed by atoms with van der Waals surface area (Å²) in [7, 11) is 1.45. The summed E-state index contributed by atoms with van der Waals surface area (Å²) in [6, 6.07) is 18.0. The fraction of sp³-hybridized carbons (Fsp3) is 0.111. The van der Waals surface area contributed by atoms with Crippen LogP contribution in [0.4, 0.5) is 0 Å². The Balaban J connectivity index is 1.58. The van der Waals surface area contributed by atoms with Crippen molar-refractivity contribution in [1.29, 1.82) is 0 Å². The number of aromatic nitrogens is 1. The molecule has 1 amide bonds. The third-order valence-electron chi connectivity index (χ3n) is 3.38. The Morgan fingerprint density at radius 2 is 1.75 bits per heavy atom. The lowest BCUT2D eigenvalue weighted by Crippen LogP contribution is -2.22. The number of hydrogen-bond donors (Lipinski definition) is 1. The first-order valence-corrected chi connectivity index (χ1v) is 7.39. The number of hydrogen-bond acceptors (Lipinski definition) is 4. The van der Waals surface area contributed by atoms with Gasteiger partial charge in [0.15, 0.2) is 0 Å². The first-order valence-electron chi connectivity index (χ1n) is 7.39. The topological polar surface area (TPSA) is 73.5 Å². The van der Waals surface area contributed by atoms with Crippen LogP contribution in [-0.2, 0) is 13.6 Å². The number of carbonyl (C=O) groups is 1. The summed E-state index contributed by atoms with van der Waals surface area (Å²) in [6.07, 6.45) is 0. The number of ether oxygens (including phenoxy) is 1. The highest BCUT2D eigenvalue weighted by molar-refractivity contribution is 5.91. The molecule has 0 fully saturated rings. The number of para-hydroxylation sites is 1. The van der Waals surface area contributed by atoms with E-state index in [1.807, 2.05) is 54.6 Å². The van der Waals surface area contributed by atoms with E-state index >= 15 is 0 Å². The summed E-state index contributed by atoms with van der Waals surface area (Å²) in [5, 5.41) is 2.70. The van der Waals surface area contributed by atoms with Gasteiger partial charge in [-0.1, -0.05) is 30.3 Å². The van der Waals surface area contributed by atoms with Gasteiger partial charge in [-0.05, 0) is 29.8 Å². The number of nitrogens with zero attached hydrogens (tertiary/aromatic N) is 1. The summed E-state index contributed by atoms with van der Waals surface area (Å²) in [4.78, 5) is 23.2. The third-order valence-corrected chi connectivity index (χ3v) is 3.38. The van der Waals surface area contributed by atoms with E-state index < -0.39 is 5.91 Å². The van der Waals surface area contributed by atoms with Gasteiger partial charge < -0.3 is 14.6 Å². The van der Waals surface area contributed by atoms with Crippen molar-refractivity contribution >= 4 is 5.91 Å². The summed E-state index contributed by atoms with van der Waals surface area (Å²) < 4.78 is 11.7. The van der Waals surface area contributed by atoms with Gasteiger partial charge in [0.25, 0.3) is 11.5 Å². The van der Waals surface area contributed by atoms with Crippen molar-refractivity contribution in [3.05, 3.63) is 82.3 Å². The second kappa shape index (κ2) is 6.87. The molecule has 0 saturated heterocycles. The van der Waals surface area contributed by atoms with Crippen molar-refractivity contribution in [3.8, 4) is 11.5 Å². The molecule has 1 N–H and O–H groups in total. The normalized spacial score (nSPS) is 10.4. The summed E-state index contributed by atoms with van der Waals surface area (Å²) in [5.74, 6) is 1.03. The Morgan fingerprint density at radius 3 is 2.38 bits per heavy atom. The number of rotatable bonds is 5. The van der Waals surface area contributed by atoms with E-state index in [0.717, 1.165) is 22.1 Å². The molecule has 122 valence electrons. The number of aryl methyl sites for hydroxylation is 1. The molecule has 1 heterocycles. The van der Waals surface area contributed by atoms with Crippen LogP contribution in [0.2, 0.25) is 0 Å². The lowest BCUT2D eigenvalue weighted by atomic mass is 10.2. The Labute approximate surface area is 138 Å². The molecule has 0 spiro atoms. The fourth-order valence-corrected chi connectivity index (χ4v) is 2.10. The maximum atomic E-state index is 11.9. The van der Waals surface area contributed by atoms with Gasteiger partial charge in [0, 0.05) is 13.6 Å². The molecule has 6 nitrogen and oxygen atoms in total. The van der Waals surface area contributed by atoms with E-state index in [9.17, 15) is 9.59 Å². The zero-order valence-corrected chi connectivity index (χ0v) is 13.1. The lowest BCUT2D eigenvalue weighted by Gasteiger charge is -2.07. The third kappa shape index (κ3) is 3.73. The van der Waals surface area contributed by atoms with Crippen LogP contribution in [0.15, 0.2) is 70.0 Å². The molecular formula is C18H16N2O4. The Hall–Kier alpha value is -3.28. The molecule has 0 aliphatic carbocycles. The number of nitrogens with one attached hydrogen (secondary N) is 1. The van der Waals surface area contributed by atoms with Gasteiger partial charge in [0.2, 0.25) is 5.76 Å². The molecule has 0 aliphatic heterocycles. The molecule has 0 saturated carbocycles.